The van der Waals surface area contributed by atoms with Crippen LogP contribution < -0.4 is 4.72 Å². The van der Waals surface area contributed by atoms with Crippen molar-refractivity contribution in [3.05, 3.63) is 65.5 Å². The molecule has 0 aliphatic carbocycles. The van der Waals surface area contributed by atoms with Crippen LogP contribution in [0.4, 0.5) is 43.9 Å². The Morgan fingerprint density at radius 1 is 0.750 bits per heavy atom. The molecule has 178 valence electrons. The van der Waals surface area contributed by atoms with Crippen LogP contribution in [0, 0.1) is 12.7 Å². The topological polar surface area (TPSA) is 46.2 Å². The molecule has 0 fully saturated rings. The summed E-state index contributed by atoms with van der Waals surface area (Å²) in [7, 11) is -5.14. The number of hydrogen-bond donors (Lipinski definition) is 1. The number of aryl methyl sites for hydroxylation is 1. The molecule has 0 saturated carbocycles. The number of nitrogens with one attached hydrogen (secondary N) is 1. The minimum Gasteiger partial charge on any atom is -0.207 e. The highest BCUT2D eigenvalue weighted by atomic mass is 32.2. The van der Waals surface area contributed by atoms with Crippen molar-refractivity contribution in [1.82, 2.24) is 4.72 Å². The molecule has 1 N–H and O–H groups in total. The van der Waals surface area contributed by atoms with E-state index in [4.69, 9.17) is 0 Å². The summed E-state index contributed by atoms with van der Waals surface area (Å²) in [5.74, 6) is -21.8. The second-order valence-corrected chi connectivity index (χ2v) is 8.40. The Bertz CT molecular complexity index is 1050. The summed E-state index contributed by atoms with van der Waals surface area (Å²) in [4.78, 5) is -0.767. The molecule has 3 nitrogen and oxygen atoms in total. The van der Waals surface area contributed by atoms with Crippen molar-refractivity contribution in [2.24, 2.45) is 0 Å². The number of hydrogen-bond acceptors (Lipinski definition) is 2. The lowest BCUT2D eigenvalue weighted by Crippen LogP contribution is -2.64. The summed E-state index contributed by atoms with van der Waals surface area (Å²) >= 11 is 0. The number of alkyl halides is 9. The predicted octanol–water partition coefficient (Wildman–Crippen LogP) is 5.62. The van der Waals surface area contributed by atoms with Gasteiger partial charge < -0.3 is 0 Å². The molecule has 32 heavy (non-hydrogen) atoms. The maximum absolute atomic E-state index is 14.6. The van der Waals surface area contributed by atoms with Crippen LogP contribution in [0.25, 0.3) is 0 Å². The van der Waals surface area contributed by atoms with Crippen LogP contribution >= 0.6 is 0 Å². The number of benzene rings is 2. The summed E-state index contributed by atoms with van der Waals surface area (Å²) in [6, 6.07) is 1.95. The molecule has 0 saturated heterocycles. The van der Waals surface area contributed by atoms with E-state index < -0.39 is 56.3 Å². The lowest BCUT2D eigenvalue weighted by atomic mass is 9.92. The Labute approximate surface area is 175 Å². The van der Waals surface area contributed by atoms with Crippen LogP contribution in [-0.2, 0) is 10.0 Å². The van der Waals surface area contributed by atoms with Crippen molar-refractivity contribution < 1.29 is 52.3 Å². The quantitative estimate of drug-likeness (QED) is 0.505. The van der Waals surface area contributed by atoms with Crippen LogP contribution in [0.2, 0.25) is 0 Å². The molecule has 1 unspecified atom stereocenters. The number of sulfonamides is 1. The Hall–Kier alpha value is -2.35. The van der Waals surface area contributed by atoms with Gasteiger partial charge in [-0.05, 0) is 36.8 Å². The van der Waals surface area contributed by atoms with Gasteiger partial charge in [0.15, 0.2) is 0 Å². The average molecular weight is 497 g/mol. The van der Waals surface area contributed by atoms with Crippen LogP contribution in [-0.4, -0.2) is 32.4 Å². The highest BCUT2D eigenvalue weighted by Gasteiger charge is 2.83. The standard InChI is InChI=1S/C18H13F10NO2S/c1-10-2-8-13(9-3-10)32(30,31)29-14(11-4-6-12(19)7-5-11)15(20,21)16(22,23)17(24,25)18(26,27)28/h2-9,14,29H,1H3. The van der Waals surface area contributed by atoms with Crippen molar-refractivity contribution in [3.63, 3.8) is 0 Å². The summed E-state index contributed by atoms with van der Waals surface area (Å²) in [6.07, 6.45) is -7.09. The first-order chi connectivity index (χ1) is 14.3. The smallest absolute Gasteiger partial charge is 0.207 e. The molecular formula is C18H13F10NO2S. The molecule has 14 heteroatoms. The van der Waals surface area contributed by atoms with Crippen LogP contribution in [0.15, 0.2) is 53.4 Å². The summed E-state index contributed by atoms with van der Waals surface area (Å²) in [5, 5.41) is 0. The normalized spacial score (nSPS) is 15.0. The average Bonchev–Trinajstić information content (AvgIpc) is 2.66. The summed E-state index contributed by atoms with van der Waals surface area (Å²) < 4.78 is 160. The molecule has 0 spiro atoms. The van der Waals surface area contributed by atoms with E-state index in [1.165, 1.54) is 19.1 Å². The van der Waals surface area contributed by atoms with E-state index in [0.29, 0.717) is 29.8 Å². The highest BCUT2D eigenvalue weighted by Crippen LogP contribution is 2.56. The van der Waals surface area contributed by atoms with Gasteiger partial charge in [0.25, 0.3) is 0 Å². The zero-order valence-corrected chi connectivity index (χ0v) is 16.5. The lowest BCUT2D eigenvalue weighted by molar-refractivity contribution is -0.399. The van der Waals surface area contributed by atoms with Gasteiger partial charge in [0.05, 0.1) is 4.90 Å². The summed E-state index contributed by atoms with van der Waals surface area (Å²) in [6.45, 7) is 1.51. The SMILES string of the molecule is Cc1ccc(S(=O)(=O)NC(c2ccc(F)cc2)C(F)(F)C(F)(F)C(F)(F)C(F)(F)F)cc1. The molecule has 2 aromatic carbocycles. The van der Waals surface area contributed by atoms with Crippen molar-refractivity contribution in [2.45, 2.75) is 41.8 Å². The molecule has 0 amide bonds. The third-order valence-electron chi connectivity index (χ3n) is 4.34. The second-order valence-electron chi connectivity index (χ2n) is 6.69. The Morgan fingerprint density at radius 2 is 1.22 bits per heavy atom. The van der Waals surface area contributed by atoms with Gasteiger partial charge in [0.1, 0.15) is 11.9 Å². The maximum atomic E-state index is 14.6. The van der Waals surface area contributed by atoms with Gasteiger partial charge >= 0.3 is 23.9 Å². The molecule has 0 aromatic heterocycles. The lowest BCUT2D eigenvalue weighted by Gasteiger charge is -2.37. The van der Waals surface area contributed by atoms with E-state index in [9.17, 15) is 52.3 Å². The second kappa shape index (κ2) is 8.21. The van der Waals surface area contributed by atoms with E-state index in [0.717, 1.165) is 16.9 Å². The first-order valence-electron chi connectivity index (χ1n) is 8.39. The maximum Gasteiger partial charge on any atom is 0.460 e. The Morgan fingerprint density at radius 3 is 1.66 bits per heavy atom. The van der Waals surface area contributed by atoms with Crippen LogP contribution in [0.1, 0.15) is 17.2 Å². The van der Waals surface area contributed by atoms with Gasteiger partial charge in [0, 0.05) is 0 Å². The largest absolute Gasteiger partial charge is 0.460 e. The molecule has 0 aliphatic rings. The zero-order chi connectivity index (χ0) is 24.8. The van der Waals surface area contributed by atoms with E-state index >= 15 is 0 Å². The van der Waals surface area contributed by atoms with Crippen molar-refractivity contribution in [1.29, 1.82) is 0 Å². The minimum absolute atomic E-state index is 0.341. The molecule has 0 radical (unpaired) electrons. The fraction of sp³-hybridized carbons (Fsp3) is 0.333. The number of rotatable bonds is 7. The van der Waals surface area contributed by atoms with Crippen LogP contribution in [0.5, 0.6) is 0 Å². The molecule has 0 heterocycles. The zero-order valence-electron chi connectivity index (χ0n) is 15.7. The van der Waals surface area contributed by atoms with Gasteiger partial charge in [-0.2, -0.15) is 44.2 Å². The molecule has 1 atom stereocenters. The summed E-state index contributed by atoms with van der Waals surface area (Å²) in [5.41, 5.74) is -0.689. The van der Waals surface area contributed by atoms with Crippen molar-refractivity contribution in [3.8, 4) is 0 Å². The van der Waals surface area contributed by atoms with Crippen LogP contribution in [0.3, 0.4) is 0 Å². The van der Waals surface area contributed by atoms with Crippen molar-refractivity contribution >= 4 is 10.0 Å². The van der Waals surface area contributed by atoms with E-state index in [2.05, 4.69) is 0 Å². The van der Waals surface area contributed by atoms with Gasteiger partial charge in [-0.1, -0.05) is 29.8 Å². The Balaban J connectivity index is 2.66. The fourth-order valence-corrected chi connectivity index (χ4v) is 3.74. The van der Waals surface area contributed by atoms with Gasteiger partial charge in [-0.15, -0.1) is 0 Å². The first kappa shape index (κ1) is 25.9. The number of halogens is 10. The third-order valence-corrected chi connectivity index (χ3v) is 5.78. The molecule has 2 rings (SSSR count). The van der Waals surface area contributed by atoms with E-state index in [-0.39, 0.29) is 0 Å². The molecule has 0 bridgehead atoms. The third kappa shape index (κ3) is 4.56. The van der Waals surface area contributed by atoms with Crippen molar-refractivity contribution in [2.75, 3.05) is 0 Å². The van der Waals surface area contributed by atoms with Gasteiger partial charge in [0.2, 0.25) is 10.0 Å². The predicted molar refractivity (Wildman–Crippen MR) is 91.5 cm³/mol. The fourth-order valence-electron chi connectivity index (χ4n) is 2.52. The minimum atomic E-state index is -7.24. The monoisotopic (exact) mass is 497 g/mol. The van der Waals surface area contributed by atoms with E-state index in [1.807, 2.05) is 0 Å². The van der Waals surface area contributed by atoms with Gasteiger partial charge in [-0.3, -0.25) is 0 Å². The molecule has 0 aliphatic heterocycles. The van der Waals surface area contributed by atoms with E-state index in [1.54, 1.807) is 0 Å². The highest BCUT2D eigenvalue weighted by molar-refractivity contribution is 7.89. The molecule has 2 aromatic rings. The molecular weight excluding hydrogens is 484 g/mol. The Kier molecular flexibility index (Phi) is 6.65. The first-order valence-corrected chi connectivity index (χ1v) is 9.87. The van der Waals surface area contributed by atoms with Gasteiger partial charge in [-0.25, -0.2) is 12.8 Å².